The van der Waals surface area contributed by atoms with Crippen molar-refractivity contribution < 1.29 is 28.6 Å². The Balaban J connectivity index is 4.37. The lowest BCUT2D eigenvalue weighted by atomic mass is 9.98. The second kappa shape index (κ2) is 5.39. The Morgan fingerprint density at radius 1 is 1.38 bits per heavy atom. The van der Waals surface area contributed by atoms with Crippen LogP contribution in [-0.4, -0.2) is 35.1 Å². The van der Waals surface area contributed by atoms with Crippen molar-refractivity contribution in [2.24, 2.45) is 0 Å². The molecule has 0 aliphatic heterocycles. The highest BCUT2D eigenvalue weighted by Gasteiger charge is 2.44. The topological polar surface area (TPSA) is 80.7 Å². The molecule has 0 bridgehead atoms. The summed E-state index contributed by atoms with van der Waals surface area (Å²) in [4.78, 5) is 32.2. The molecule has 6 heteroatoms. The lowest BCUT2D eigenvalue weighted by Gasteiger charge is -2.16. The Morgan fingerprint density at radius 3 is 2.19 bits per heavy atom. The summed E-state index contributed by atoms with van der Waals surface area (Å²) in [7, 11) is 0. The molecule has 0 aliphatic carbocycles. The number of carbonyl (C=O) groups is 3. The quantitative estimate of drug-likeness (QED) is 0.417. The summed E-state index contributed by atoms with van der Waals surface area (Å²) < 4.78 is 18.0. The van der Waals surface area contributed by atoms with Crippen molar-refractivity contribution in [3.05, 3.63) is 12.2 Å². The van der Waals surface area contributed by atoms with Gasteiger partial charge in [0.25, 0.3) is 5.67 Å². The zero-order valence-corrected chi connectivity index (χ0v) is 9.08. The summed E-state index contributed by atoms with van der Waals surface area (Å²) in [6.07, 6.45) is -0.712. The van der Waals surface area contributed by atoms with Crippen LogP contribution in [0.5, 0.6) is 0 Å². The van der Waals surface area contributed by atoms with Gasteiger partial charge in [0.1, 0.15) is 0 Å². The minimum absolute atomic E-state index is 0.114. The molecular formula is C10H13FO5. The SMILES string of the molecule is C=C(C)C(=O)OCCC(F)(C(C)=O)C(=O)O. The first-order valence-electron chi connectivity index (χ1n) is 4.47. The number of carboxylic acid groups (broad SMARTS) is 1. The fraction of sp³-hybridized carbons (Fsp3) is 0.500. The third-order valence-electron chi connectivity index (χ3n) is 1.93. The van der Waals surface area contributed by atoms with Crippen molar-refractivity contribution in [3.63, 3.8) is 0 Å². The van der Waals surface area contributed by atoms with Gasteiger partial charge < -0.3 is 9.84 Å². The molecule has 0 aliphatic rings. The molecule has 0 aromatic heterocycles. The van der Waals surface area contributed by atoms with Gasteiger partial charge in [-0.3, -0.25) is 4.79 Å². The smallest absolute Gasteiger partial charge is 0.349 e. The van der Waals surface area contributed by atoms with Crippen molar-refractivity contribution in [2.45, 2.75) is 25.9 Å². The molecule has 16 heavy (non-hydrogen) atoms. The average Bonchev–Trinajstić information content (AvgIpc) is 2.16. The Labute approximate surface area is 91.9 Å². The van der Waals surface area contributed by atoms with E-state index < -0.39 is 36.4 Å². The first-order chi connectivity index (χ1) is 7.21. The molecule has 0 aromatic rings. The molecule has 0 saturated carbocycles. The Bertz CT molecular complexity index is 320. The van der Waals surface area contributed by atoms with E-state index in [-0.39, 0.29) is 5.57 Å². The van der Waals surface area contributed by atoms with Gasteiger partial charge in [0.05, 0.1) is 6.61 Å². The van der Waals surface area contributed by atoms with Crippen LogP contribution in [0.25, 0.3) is 0 Å². The normalized spacial score (nSPS) is 13.7. The molecule has 1 N–H and O–H groups in total. The average molecular weight is 232 g/mol. The Kier molecular flexibility index (Phi) is 4.81. The van der Waals surface area contributed by atoms with Crippen molar-refractivity contribution >= 4 is 17.7 Å². The number of hydrogen-bond acceptors (Lipinski definition) is 4. The van der Waals surface area contributed by atoms with Gasteiger partial charge in [-0.25, -0.2) is 14.0 Å². The number of Topliss-reactive ketones (excluding diaryl/α,β-unsaturated/α-hetero) is 1. The second-order valence-electron chi connectivity index (χ2n) is 3.33. The van der Waals surface area contributed by atoms with Gasteiger partial charge in [0.2, 0.25) is 0 Å². The monoisotopic (exact) mass is 232 g/mol. The lowest BCUT2D eigenvalue weighted by molar-refractivity contribution is -0.159. The molecule has 0 spiro atoms. The highest BCUT2D eigenvalue weighted by Crippen LogP contribution is 2.18. The van der Waals surface area contributed by atoms with Gasteiger partial charge in [-0.1, -0.05) is 6.58 Å². The fourth-order valence-corrected chi connectivity index (χ4v) is 0.841. The van der Waals surface area contributed by atoms with Crippen molar-refractivity contribution in [3.8, 4) is 0 Å². The number of aliphatic carboxylic acids is 1. The van der Waals surface area contributed by atoms with Crippen molar-refractivity contribution in [1.82, 2.24) is 0 Å². The molecule has 0 amide bonds. The van der Waals surface area contributed by atoms with Crippen LogP contribution in [0.1, 0.15) is 20.3 Å². The van der Waals surface area contributed by atoms with Gasteiger partial charge >= 0.3 is 11.9 Å². The van der Waals surface area contributed by atoms with E-state index in [1.54, 1.807) is 0 Å². The minimum atomic E-state index is -3.00. The number of carbonyl (C=O) groups excluding carboxylic acids is 2. The summed E-state index contributed by atoms with van der Waals surface area (Å²) in [5.74, 6) is -3.77. The van der Waals surface area contributed by atoms with Crippen molar-refractivity contribution in [1.29, 1.82) is 0 Å². The van der Waals surface area contributed by atoms with Crippen LogP contribution in [0.15, 0.2) is 12.2 Å². The zero-order chi connectivity index (χ0) is 12.9. The van der Waals surface area contributed by atoms with E-state index in [2.05, 4.69) is 11.3 Å². The van der Waals surface area contributed by atoms with Crippen LogP contribution in [0, 0.1) is 0 Å². The third-order valence-corrected chi connectivity index (χ3v) is 1.93. The van der Waals surface area contributed by atoms with Crippen LogP contribution in [-0.2, 0) is 19.1 Å². The third kappa shape index (κ3) is 3.45. The van der Waals surface area contributed by atoms with Crippen LogP contribution in [0.4, 0.5) is 4.39 Å². The minimum Gasteiger partial charge on any atom is -0.479 e. The number of carboxylic acids is 1. The number of alkyl halides is 1. The molecule has 0 radical (unpaired) electrons. The van der Waals surface area contributed by atoms with E-state index >= 15 is 0 Å². The first kappa shape index (κ1) is 14.3. The molecular weight excluding hydrogens is 219 g/mol. The number of ketones is 1. The van der Waals surface area contributed by atoms with Gasteiger partial charge in [-0.15, -0.1) is 0 Å². The second-order valence-corrected chi connectivity index (χ2v) is 3.33. The zero-order valence-electron chi connectivity index (χ0n) is 9.08. The predicted octanol–water partition coefficient (Wildman–Crippen LogP) is 0.878. The van der Waals surface area contributed by atoms with E-state index in [1.165, 1.54) is 6.92 Å². The van der Waals surface area contributed by atoms with Crippen LogP contribution in [0.3, 0.4) is 0 Å². The van der Waals surface area contributed by atoms with E-state index in [0.717, 1.165) is 6.92 Å². The fourth-order valence-electron chi connectivity index (χ4n) is 0.841. The van der Waals surface area contributed by atoms with Gasteiger partial charge in [0, 0.05) is 12.0 Å². The molecule has 0 fully saturated rings. The van der Waals surface area contributed by atoms with E-state index in [1.807, 2.05) is 0 Å². The van der Waals surface area contributed by atoms with Gasteiger partial charge in [-0.05, 0) is 13.8 Å². The maximum Gasteiger partial charge on any atom is 0.349 e. The van der Waals surface area contributed by atoms with E-state index in [0.29, 0.717) is 0 Å². The van der Waals surface area contributed by atoms with Gasteiger partial charge in [-0.2, -0.15) is 0 Å². The number of hydrogen-bond donors (Lipinski definition) is 1. The van der Waals surface area contributed by atoms with Crippen LogP contribution >= 0.6 is 0 Å². The number of halogens is 1. The Hall–Kier alpha value is -1.72. The molecule has 1 atom stereocenters. The number of rotatable bonds is 6. The lowest BCUT2D eigenvalue weighted by Crippen LogP contribution is -2.42. The van der Waals surface area contributed by atoms with Gasteiger partial charge in [0.15, 0.2) is 5.78 Å². The summed E-state index contributed by atoms with van der Waals surface area (Å²) in [6.45, 7) is 5.02. The number of esters is 1. The van der Waals surface area contributed by atoms with E-state index in [4.69, 9.17) is 5.11 Å². The summed E-state index contributed by atoms with van der Waals surface area (Å²) >= 11 is 0. The standard InChI is InChI=1S/C10H13FO5/c1-6(2)8(13)16-5-4-10(11,7(3)12)9(14)15/h1,4-5H2,2-3H3,(H,14,15). The predicted molar refractivity (Wildman–Crippen MR) is 52.5 cm³/mol. The maximum atomic E-state index is 13.5. The van der Waals surface area contributed by atoms with Crippen molar-refractivity contribution in [2.75, 3.05) is 6.61 Å². The molecule has 0 aromatic carbocycles. The highest BCUT2D eigenvalue weighted by molar-refractivity contribution is 6.05. The van der Waals surface area contributed by atoms with E-state index in [9.17, 15) is 18.8 Å². The summed E-state index contributed by atoms with van der Waals surface area (Å²) in [5.41, 5.74) is -2.89. The largest absolute Gasteiger partial charge is 0.479 e. The molecule has 1 unspecified atom stereocenters. The molecule has 0 rings (SSSR count). The van der Waals surface area contributed by atoms with Crippen LogP contribution < -0.4 is 0 Å². The summed E-state index contributed by atoms with van der Waals surface area (Å²) in [6, 6.07) is 0. The Morgan fingerprint density at radius 2 is 1.88 bits per heavy atom. The molecule has 90 valence electrons. The maximum absolute atomic E-state index is 13.5. The molecule has 0 heterocycles. The highest BCUT2D eigenvalue weighted by atomic mass is 19.1. The molecule has 0 saturated heterocycles. The number of ether oxygens (including phenoxy) is 1. The molecule has 5 nitrogen and oxygen atoms in total. The first-order valence-corrected chi connectivity index (χ1v) is 4.47. The summed E-state index contributed by atoms with van der Waals surface area (Å²) in [5, 5.41) is 8.52. The van der Waals surface area contributed by atoms with Crippen LogP contribution in [0.2, 0.25) is 0 Å².